The first-order valence-corrected chi connectivity index (χ1v) is 12.4. The van der Waals surface area contributed by atoms with Crippen LogP contribution in [0.15, 0.2) is 6.07 Å². The summed E-state index contributed by atoms with van der Waals surface area (Å²) in [6.45, 7) is 6.57. The van der Waals surface area contributed by atoms with E-state index in [2.05, 4.69) is 52.1 Å². The Balaban J connectivity index is 1.24. The van der Waals surface area contributed by atoms with Crippen LogP contribution in [-0.2, 0) is 15.3 Å². The molecule has 1 unspecified atom stereocenters. The number of halogens is 1. The highest BCUT2D eigenvalue weighted by molar-refractivity contribution is 14.1. The maximum Gasteiger partial charge on any atom is 0.151 e. The summed E-state index contributed by atoms with van der Waals surface area (Å²) in [6.07, 6.45) is 2.40. The number of nitrogens with zero attached hydrogens (tertiary/aromatic N) is 3. The molecule has 4 aliphatic carbocycles. The van der Waals surface area contributed by atoms with Crippen LogP contribution < -0.4 is 0 Å². The predicted molar refractivity (Wildman–Crippen MR) is 103 cm³/mol. The van der Waals surface area contributed by atoms with Gasteiger partial charge in [0.15, 0.2) is 9.84 Å². The lowest BCUT2D eigenvalue weighted by Crippen LogP contribution is -2.50. The maximum atomic E-state index is 11.7. The smallest absolute Gasteiger partial charge is 0.151 e. The van der Waals surface area contributed by atoms with Crippen molar-refractivity contribution in [1.29, 1.82) is 0 Å². The quantitative estimate of drug-likeness (QED) is 0.631. The Morgan fingerprint density at radius 1 is 1.32 bits per heavy atom. The largest absolute Gasteiger partial charge is 0.299 e. The summed E-state index contributed by atoms with van der Waals surface area (Å²) in [5, 5.41) is 4.75. The fraction of sp³-hybridized carbons (Fsp3) is 0.833. The Morgan fingerprint density at radius 2 is 2.08 bits per heavy atom. The fourth-order valence-electron chi connectivity index (χ4n) is 7.03. The first kappa shape index (κ1) is 15.9. The van der Waals surface area contributed by atoms with Crippen molar-refractivity contribution in [3.8, 4) is 0 Å². The van der Waals surface area contributed by atoms with Gasteiger partial charge in [0.05, 0.1) is 11.5 Å². The SMILES string of the molecule is CC(C)n1nc(I)cc1[C@]12C3[C@H](N4CCC5(C4)CS(=O)(=O)C5)C[C@@H]1[C@H]32. The third kappa shape index (κ3) is 1.83. The van der Waals surface area contributed by atoms with Gasteiger partial charge in [0.25, 0.3) is 0 Å². The van der Waals surface area contributed by atoms with E-state index in [0.717, 1.165) is 41.0 Å². The highest BCUT2D eigenvalue weighted by Gasteiger charge is 2.93. The van der Waals surface area contributed by atoms with Crippen LogP contribution in [0.5, 0.6) is 0 Å². The topological polar surface area (TPSA) is 55.2 Å². The van der Waals surface area contributed by atoms with Gasteiger partial charge < -0.3 is 0 Å². The lowest BCUT2D eigenvalue weighted by Gasteiger charge is -2.38. The van der Waals surface area contributed by atoms with E-state index in [1.165, 1.54) is 12.1 Å². The molecule has 4 saturated carbocycles. The van der Waals surface area contributed by atoms with Crippen molar-refractivity contribution in [3.63, 3.8) is 0 Å². The van der Waals surface area contributed by atoms with Gasteiger partial charge in [-0.25, -0.2) is 8.42 Å². The first-order valence-electron chi connectivity index (χ1n) is 9.47. The van der Waals surface area contributed by atoms with Crippen LogP contribution >= 0.6 is 22.6 Å². The molecule has 25 heavy (non-hydrogen) atoms. The standard InChI is InChI=1S/C18H24IN3O2S/c1-10(2)22-13(6-14(19)20-22)18-11-5-12(16(18)15(11)18)21-4-3-17(7-21)8-25(23,24)9-17/h6,10-12,15-16H,3-5,7-9H2,1-2H3/t11-,12-,15-,16?,18-/m1/s1. The monoisotopic (exact) mass is 473 g/mol. The summed E-state index contributed by atoms with van der Waals surface area (Å²) in [6, 6.07) is 3.42. The van der Waals surface area contributed by atoms with Crippen LogP contribution in [0.25, 0.3) is 0 Å². The van der Waals surface area contributed by atoms with Gasteiger partial charge in [-0.2, -0.15) is 5.10 Å². The molecule has 1 aromatic rings. The Morgan fingerprint density at radius 3 is 2.72 bits per heavy atom. The van der Waals surface area contributed by atoms with E-state index in [1.807, 2.05) is 0 Å². The second-order valence-corrected chi connectivity index (χ2v) is 12.7. The Labute approximate surface area is 162 Å². The van der Waals surface area contributed by atoms with Crippen LogP contribution in [0.2, 0.25) is 0 Å². The van der Waals surface area contributed by atoms with E-state index in [-0.39, 0.29) is 5.41 Å². The van der Waals surface area contributed by atoms with Gasteiger partial charge in [0.2, 0.25) is 0 Å². The van der Waals surface area contributed by atoms with E-state index in [9.17, 15) is 8.42 Å². The number of likely N-dealkylation sites (tertiary alicyclic amines) is 1. The number of sulfone groups is 1. The molecule has 136 valence electrons. The molecule has 2 saturated heterocycles. The van der Waals surface area contributed by atoms with Gasteiger partial charge in [-0.05, 0) is 79.6 Å². The Hall–Kier alpha value is -0.150. The van der Waals surface area contributed by atoms with E-state index in [1.54, 1.807) is 0 Å². The molecule has 0 N–H and O–H groups in total. The molecule has 2 bridgehead atoms. The number of hydrogen-bond acceptors (Lipinski definition) is 4. The lowest BCUT2D eigenvalue weighted by molar-refractivity contribution is 0.204. The average Bonchev–Trinajstić information content (AvgIpc) is 2.99. The number of rotatable bonds is 3. The molecule has 1 spiro atoms. The molecule has 3 heterocycles. The van der Waals surface area contributed by atoms with E-state index < -0.39 is 9.84 Å². The summed E-state index contributed by atoms with van der Waals surface area (Å²) in [7, 11) is -2.72. The highest BCUT2D eigenvalue weighted by Crippen LogP contribution is 2.91. The zero-order valence-electron chi connectivity index (χ0n) is 14.7. The van der Waals surface area contributed by atoms with Crippen LogP contribution in [-0.4, -0.2) is 53.7 Å². The van der Waals surface area contributed by atoms with Crippen molar-refractivity contribution >= 4 is 32.4 Å². The summed E-state index contributed by atoms with van der Waals surface area (Å²) >= 11 is 2.34. The maximum absolute atomic E-state index is 11.7. The minimum atomic E-state index is -2.72. The van der Waals surface area contributed by atoms with Gasteiger partial charge in [0, 0.05) is 35.2 Å². The third-order valence-electron chi connectivity index (χ3n) is 7.86. The molecule has 7 rings (SSSR count). The molecule has 1 aromatic heterocycles. The van der Waals surface area contributed by atoms with Gasteiger partial charge in [0.1, 0.15) is 3.70 Å². The van der Waals surface area contributed by atoms with E-state index in [4.69, 9.17) is 5.10 Å². The minimum Gasteiger partial charge on any atom is -0.299 e. The van der Waals surface area contributed by atoms with Crippen molar-refractivity contribution in [2.24, 2.45) is 23.2 Å². The normalized spacial score (nSPS) is 45.0. The molecule has 0 aromatic carbocycles. The first-order chi connectivity index (χ1) is 11.8. The second kappa shape index (κ2) is 4.46. The molecular formula is C18H24IN3O2S. The zero-order valence-corrected chi connectivity index (χ0v) is 17.6. The number of fused-ring (bicyclic) bond motifs is 1. The molecule has 2 aliphatic heterocycles. The minimum absolute atomic E-state index is 0.101. The van der Waals surface area contributed by atoms with Gasteiger partial charge in [-0.3, -0.25) is 9.58 Å². The lowest BCUT2D eigenvalue weighted by atomic mass is 9.91. The molecule has 5 atom stereocenters. The Kier molecular flexibility index (Phi) is 2.83. The molecule has 5 nitrogen and oxygen atoms in total. The van der Waals surface area contributed by atoms with Gasteiger partial charge in [-0.1, -0.05) is 0 Å². The second-order valence-electron chi connectivity index (χ2n) is 9.54. The fourth-order valence-corrected chi connectivity index (χ4v) is 9.81. The van der Waals surface area contributed by atoms with Crippen LogP contribution in [0.3, 0.4) is 0 Å². The van der Waals surface area contributed by atoms with Gasteiger partial charge >= 0.3 is 0 Å². The van der Waals surface area contributed by atoms with Crippen molar-refractivity contribution < 1.29 is 8.42 Å². The zero-order chi connectivity index (χ0) is 17.4. The molecule has 7 heteroatoms. The number of hydrogen-bond donors (Lipinski definition) is 0. The van der Waals surface area contributed by atoms with Crippen LogP contribution in [0.4, 0.5) is 0 Å². The highest BCUT2D eigenvalue weighted by atomic mass is 127. The van der Waals surface area contributed by atoms with Crippen LogP contribution in [0, 0.1) is 26.9 Å². The van der Waals surface area contributed by atoms with Gasteiger partial charge in [-0.15, -0.1) is 0 Å². The molecule has 6 aliphatic rings. The summed E-state index contributed by atoms with van der Waals surface area (Å²) < 4.78 is 26.7. The van der Waals surface area contributed by atoms with Crippen molar-refractivity contribution in [2.45, 2.75) is 44.2 Å². The van der Waals surface area contributed by atoms with E-state index in [0.29, 0.717) is 29.0 Å². The van der Waals surface area contributed by atoms with Crippen molar-refractivity contribution in [3.05, 3.63) is 15.5 Å². The molecule has 6 fully saturated rings. The molecule has 0 radical (unpaired) electrons. The summed E-state index contributed by atoms with van der Waals surface area (Å²) in [5.74, 6) is 3.40. The Bertz CT molecular complexity index is 876. The van der Waals surface area contributed by atoms with Crippen LogP contribution in [0.1, 0.15) is 38.4 Å². The average molecular weight is 473 g/mol. The molecule has 0 amide bonds. The van der Waals surface area contributed by atoms with Crippen molar-refractivity contribution in [2.75, 3.05) is 24.6 Å². The van der Waals surface area contributed by atoms with E-state index >= 15 is 0 Å². The summed E-state index contributed by atoms with van der Waals surface area (Å²) in [4.78, 5) is 2.65. The number of aromatic nitrogens is 2. The summed E-state index contributed by atoms with van der Waals surface area (Å²) in [5.41, 5.74) is 2.01. The third-order valence-corrected chi connectivity index (χ3v) is 10.5. The predicted octanol–water partition coefficient (Wildman–Crippen LogP) is 2.08. The van der Waals surface area contributed by atoms with Crippen molar-refractivity contribution in [1.82, 2.24) is 14.7 Å². The molecular weight excluding hydrogens is 449 g/mol.